The van der Waals surface area contributed by atoms with E-state index in [-0.39, 0.29) is 0 Å². The van der Waals surface area contributed by atoms with Crippen LogP contribution in [-0.2, 0) is 0 Å². The lowest BCUT2D eigenvalue weighted by Gasteiger charge is -2.02. The van der Waals surface area contributed by atoms with Gasteiger partial charge in [0.05, 0.1) is 0 Å². The van der Waals surface area contributed by atoms with Crippen molar-refractivity contribution in [3.05, 3.63) is 24.6 Å². The van der Waals surface area contributed by atoms with E-state index in [1.807, 2.05) is 7.05 Å². The van der Waals surface area contributed by atoms with Gasteiger partial charge in [0.25, 0.3) is 0 Å². The molecule has 0 saturated heterocycles. The third-order valence-corrected chi connectivity index (χ3v) is 1.22. The molecule has 0 saturated carbocycles. The molecule has 0 aliphatic carbocycles. The fourth-order valence-electron chi connectivity index (χ4n) is 0.662. The number of likely N-dealkylation sites (N-methyl/N-ethyl adjacent to an activating group) is 1. The fourth-order valence-corrected chi connectivity index (χ4v) is 0.662. The van der Waals surface area contributed by atoms with E-state index in [4.69, 9.17) is 0 Å². The van der Waals surface area contributed by atoms with E-state index in [2.05, 4.69) is 30.2 Å². The van der Waals surface area contributed by atoms with Gasteiger partial charge >= 0.3 is 0 Å². The summed E-state index contributed by atoms with van der Waals surface area (Å²) < 4.78 is 0. The summed E-state index contributed by atoms with van der Waals surface area (Å²) in [5, 5.41) is 6.09. The minimum atomic E-state index is 0.907. The summed E-state index contributed by atoms with van der Waals surface area (Å²) in [5.74, 6) is 0. The molecule has 10 heavy (non-hydrogen) atoms. The SMILES string of the molecule is C=CN/C(=C/CNC)CC. The molecular formula is C8H16N2. The molecule has 0 aromatic carbocycles. The molecule has 0 aromatic rings. The number of hydrogen-bond acceptors (Lipinski definition) is 2. The third kappa shape index (κ3) is 4.15. The summed E-state index contributed by atoms with van der Waals surface area (Å²) in [5.41, 5.74) is 1.21. The molecule has 2 nitrogen and oxygen atoms in total. The second-order valence-corrected chi connectivity index (χ2v) is 1.99. The zero-order valence-corrected chi connectivity index (χ0v) is 6.78. The number of nitrogens with one attached hydrogen (secondary N) is 2. The van der Waals surface area contributed by atoms with E-state index < -0.39 is 0 Å². The minimum absolute atomic E-state index is 0.907. The smallest absolute Gasteiger partial charge is 0.0151 e. The fraction of sp³-hybridized carbons (Fsp3) is 0.500. The molecule has 0 unspecified atom stereocenters. The number of rotatable bonds is 5. The average molecular weight is 140 g/mol. The van der Waals surface area contributed by atoms with Crippen molar-refractivity contribution in [1.29, 1.82) is 0 Å². The predicted molar refractivity (Wildman–Crippen MR) is 45.6 cm³/mol. The molecule has 0 rings (SSSR count). The van der Waals surface area contributed by atoms with Gasteiger partial charge in [0.15, 0.2) is 0 Å². The molecule has 2 N–H and O–H groups in total. The lowest BCUT2D eigenvalue weighted by molar-refractivity contribution is 0.872. The monoisotopic (exact) mass is 140 g/mol. The summed E-state index contributed by atoms with van der Waals surface area (Å²) in [6, 6.07) is 0. The van der Waals surface area contributed by atoms with Crippen molar-refractivity contribution >= 4 is 0 Å². The highest BCUT2D eigenvalue weighted by molar-refractivity contribution is 5.02. The van der Waals surface area contributed by atoms with Gasteiger partial charge in [0, 0.05) is 12.2 Å². The molecule has 0 aliphatic rings. The standard InChI is InChI=1S/C8H16N2/c1-4-8(10-5-2)6-7-9-3/h5-6,9-10H,2,4,7H2,1,3H3/b8-6+. The lowest BCUT2D eigenvalue weighted by atomic mass is 10.3. The maximum atomic E-state index is 3.58. The molecule has 0 amide bonds. The number of allylic oxidation sites excluding steroid dienone is 1. The zero-order valence-electron chi connectivity index (χ0n) is 6.78. The van der Waals surface area contributed by atoms with E-state index in [0.29, 0.717) is 0 Å². The zero-order chi connectivity index (χ0) is 7.82. The second-order valence-electron chi connectivity index (χ2n) is 1.99. The Morgan fingerprint density at radius 2 is 2.30 bits per heavy atom. The molecule has 0 radical (unpaired) electrons. The van der Waals surface area contributed by atoms with Gasteiger partial charge in [-0.05, 0) is 19.7 Å². The molecule has 2 heteroatoms. The summed E-state index contributed by atoms with van der Waals surface area (Å²) in [6.07, 6.45) is 4.83. The highest BCUT2D eigenvalue weighted by Gasteiger charge is 1.85. The topological polar surface area (TPSA) is 24.1 Å². The summed E-state index contributed by atoms with van der Waals surface area (Å²) in [4.78, 5) is 0. The van der Waals surface area contributed by atoms with Crippen LogP contribution in [0, 0.1) is 0 Å². The Morgan fingerprint density at radius 1 is 1.60 bits per heavy atom. The van der Waals surface area contributed by atoms with Crippen molar-refractivity contribution in [3.8, 4) is 0 Å². The van der Waals surface area contributed by atoms with Gasteiger partial charge in [-0.25, -0.2) is 0 Å². The molecule has 0 aromatic heterocycles. The Labute approximate surface area is 63.0 Å². The Kier molecular flexibility index (Phi) is 5.88. The van der Waals surface area contributed by atoms with Crippen molar-refractivity contribution in [1.82, 2.24) is 10.6 Å². The Morgan fingerprint density at radius 3 is 2.70 bits per heavy atom. The molecule has 58 valence electrons. The first kappa shape index (κ1) is 9.24. The number of hydrogen-bond donors (Lipinski definition) is 2. The first-order valence-corrected chi connectivity index (χ1v) is 3.56. The van der Waals surface area contributed by atoms with Gasteiger partial charge in [-0.1, -0.05) is 19.6 Å². The van der Waals surface area contributed by atoms with E-state index in [0.717, 1.165) is 13.0 Å². The van der Waals surface area contributed by atoms with Crippen LogP contribution in [-0.4, -0.2) is 13.6 Å². The van der Waals surface area contributed by atoms with E-state index in [9.17, 15) is 0 Å². The van der Waals surface area contributed by atoms with Crippen LogP contribution >= 0.6 is 0 Å². The maximum absolute atomic E-state index is 3.58. The van der Waals surface area contributed by atoms with E-state index in [1.54, 1.807) is 6.20 Å². The van der Waals surface area contributed by atoms with Crippen LogP contribution in [0.1, 0.15) is 13.3 Å². The van der Waals surface area contributed by atoms with Crippen molar-refractivity contribution in [2.24, 2.45) is 0 Å². The van der Waals surface area contributed by atoms with Gasteiger partial charge in [-0.15, -0.1) is 0 Å². The highest BCUT2D eigenvalue weighted by Crippen LogP contribution is 1.92. The Balaban J connectivity index is 3.65. The molecule has 0 aliphatic heterocycles. The van der Waals surface area contributed by atoms with Crippen molar-refractivity contribution in [3.63, 3.8) is 0 Å². The molecule has 0 heterocycles. The first-order valence-electron chi connectivity index (χ1n) is 3.56. The molecule has 0 spiro atoms. The van der Waals surface area contributed by atoms with Crippen LogP contribution in [0.3, 0.4) is 0 Å². The minimum Gasteiger partial charge on any atom is -0.366 e. The van der Waals surface area contributed by atoms with E-state index >= 15 is 0 Å². The Bertz CT molecular complexity index is 116. The molecular weight excluding hydrogens is 124 g/mol. The van der Waals surface area contributed by atoms with Gasteiger partial charge < -0.3 is 10.6 Å². The van der Waals surface area contributed by atoms with Crippen LogP contribution in [0.25, 0.3) is 0 Å². The van der Waals surface area contributed by atoms with Crippen molar-refractivity contribution in [2.45, 2.75) is 13.3 Å². The lowest BCUT2D eigenvalue weighted by Crippen LogP contribution is -2.09. The summed E-state index contributed by atoms with van der Waals surface area (Å²) in [7, 11) is 1.93. The van der Waals surface area contributed by atoms with Crippen LogP contribution < -0.4 is 10.6 Å². The summed E-state index contributed by atoms with van der Waals surface area (Å²) >= 11 is 0. The van der Waals surface area contributed by atoms with Crippen LogP contribution in [0.15, 0.2) is 24.6 Å². The van der Waals surface area contributed by atoms with Crippen LogP contribution in [0.5, 0.6) is 0 Å². The summed E-state index contributed by atoms with van der Waals surface area (Å²) in [6.45, 7) is 6.60. The molecule has 0 bridgehead atoms. The predicted octanol–water partition coefficient (Wildman–Crippen LogP) is 1.23. The maximum Gasteiger partial charge on any atom is 0.0151 e. The normalized spacial score (nSPS) is 11.2. The second kappa shape index (κ2) is 6.36. The van der Waals surface area contributed by atoms with Gasteiger partial charge in [-0.2, -0.15) is 0 Å². The largest absolute Gasteiger partial charge is 0.366 e. The molecule has 0 fully saturated rings. The quantitative estimate of drug-likeness (QED) is 0.600. The van der Waals surface area contributed by atoms with Gasteiger partial charge in [0.2, 0.25) is 0 Å². The van der Waals surface area contributed by atoms with Crippen molar-refractivity contribution < 1.29 is 0 Å². The van der Waals surface area contributed by atoms with Gasteiger partial charge in [0.1, 0.15) is 0 Å². The Hall–Kier alpha value is -0.760. The van der Waals surface area contributed by atoms with Gasteiger partial charge in [-0.3, -0.25) is 0 Å². The van der Waals surface area contributed by atoms with Crippen LogP contribution in [0.2, 0.25) is 0 Å². The van der Waals surface area contributed by atoms with Crippen LogP contribution in [0.4, 0.5) is 0 Å². The highest BCUT2D eigenvalue weighted by atomic mass is 14.9. The first-order chi connectivity index (χ1) is 4.85. The molecule has 0 atom stereocenters. The average Bonchev–Trinajstić information content (AvgIpc) is 1.98. The van der Waals surface area contributed by atoms with E-state index in [1.165, 1.54) is 5.70 Å². The van der Waals surface area contributed by atoms with Crippen molar-refractivity contribution in [2.75, 3.05) is 13.6 Å². The third-order valence-electron chi connectivity index (χ3n) is 1.22.